The molecule has 1 atom stereocenters. The van der Waals surface area contributed by atoms with Crippen molar-refractivity contribution in [2.75, 3.05) is 6.54 Å². The molecule has 3 N–H and O–H groups in total. The zero-order chi connectivity index (χ0) is 16.3. The van der Waals surface area contributed by atoms with E-state index in [1.807, 2.05) is 6.92 Å². The van der Waals surface area contributed by atoms with Gasteiger partial charge in [0, 0.05) is 17.8 Å². The van der Waals surface area contributed by atoms with E-state index in [1.54, 1.807) is 6.92 Å². The molecule has 1 aromatic rings. The molecule has 1 saturated carbocycles. The van der Waals surface area contributed by atoms with Crippen LogP contribution >= 0.6 is 0 Å². The van der Waals surface area contributed by atoms with Crippen LogP contribution in [0.5, 0.6) is 0 Å². The van der Waals surface area contributed by atoms with E-state index in [0.717, 1.165) is 36.9 Å². The highest BCUT2D eigenvalue weighted by molar-refractivity contribution is 6.02. The average Bonchev–Trinajstić information content (AvgIpc) is 3.11. The fraction of sp³-hybridized carbons (Fsp3) is 0.647. The van der Waals surface area contributed by atoms with Crippen LogP contribution < -0.4 is 5.32 Å². The van der Waals surface area contributed by atoms with Crippen molar-refractivity contribution in [1.82, 2.24) is 10.3 Å². The summed E-state index contributed by atoms with van der Waals surface area (Å²) < 4.78 is 0. The molecule has 1 aliphatic carbocycles. The first-order chi connectivity index (χ1) is 10.5. The summed E-state index contributed by atoms with van der Waals surface area (Å²) in [6, 6.07) is 0. The summed E-state index contributed by atoms with van der Waals surface area (Å²) in [5.74, 6) is 0.0178. The summed E-state index contributed by atoms with van der Waals surface area (Å²) in [5, 5.41) is 12.9. The highest BCUT2D eigenvalue weighted by Crippen LogP contribution is 2.27. The number of aromatic amines is 1. The van der Waals surface area contributed by atoms with Gasteiger partial charge in [0.05, 0.1) is 6.10 Å². The lowest BCUT2D eigenvalue weighted by Gasteiger charge is -2.18. The van der Waals surface area contributed by atoms with Gasteiger partial charge in [0.15, 0.2) is 5.78 Å². The lowest BCUT2D eigenvalue weighted by molar-refractivity contribution is 0.0836. The zero-order valence-electron chi connectivity index (χ0n) is 13.7. The van der Waals surface area contributed by atoms with Crippen LogP contribution in [-0.4, -0.2) is 34.4 Å². The molecule has 1 heterocycles. The van der Waals surface area contributed by atoms with Crippen molar-refractivity contribution in [3.8, 4) is 0 Å². The molecule has 0 bridgehead atoms. The fourth-order valence-corrected chi connectivity index (χ4v) is 3.50. The minimum Gasteiger partial charge on any atom is -0.391 e. The first kappa shape index (κ1) is 16.7. The third-order valence-corrected chi connectivity index (χ3v) is 4.64. The molecule has 5 nitrogen and oxygen atoms in total. The maximum Gasteiger partial charge on any atom is 0.268 e. The van der Waals surface area contributed by atoms with Crippen molar-refractivity contribution in [3.63, 3.8) is 0 Å². The Bertz CT molecular complexity index is 556. The van der Waals surface area contributed by atoms with E-state index in [-0.39, 0.29) is 18.2 Å². The van der Waals surface area contributed by atoms with E-state index >= 15 is 0 Å². The number of ketones is 1. The van der Waals surface area contributed by atoms with Gasteiger partial charge in [0.1, 0.15) is 5.69 Å². The van der Waals surface area contributed by atoms with Crippen LogP contribution in [0.15, 0.2) is 0 Å². The average molecular weight is 306 g/mol. The van der Waals surface area contributed by atoms with Crippen molar-refractivity contribution in [2.45, 2.75) is 59.0 Å². The molecule has 122 valence electrons. The Morgan fingerprint density at radius 1 is 1.36 bits per heavy atom. The quantitative estimate of drug-likeness (QED) is 0.706. The smallest absolute Gasteiger partial charge is 0.268 e. The Morgan fingerprint density at radius 3 is 2.55 bits per heavy atom. The number of hydrogen-bond acceptors (Lipinski definition) is 3. The standard InChI is InChI=1S/C17H26N2O3/c1-4-13-15(11(3)20)10(2)19-16(13)17(22)18-9-14(21)12-7-5-6-8-12/h12,14,19,21H,4-9H2,1-3H3,(H,18,22). The lowest BCUT2D eigenvalue weighted by atomic mass is 10.0. The molecular weight excluding hydrogens is 280 g/mol. The van der Waals surface area contributed by atoms with Crippen LogP contribution in [0.25, 0.3) is 0 Å². The van der Waals surface area contributed by atoms with Gasteiger partial charge < -0.3 is 15.4 Å². The number of aryl methyl sites for hydroxylation is 1. The van der Waals surface area contributed by atoms with Crippen molar-refractivity contribution in [3.05, 3.63) is 22.5 Å². The molecule has 0 radical (unpaired) electrons. The second-order valence-corrected chi connectivity index (χ2v) is 6.21. The van der Waals surface area contributed by atoms with Crippen LogP contribution in [0.1, 0.15) is 71.6 Å². The number of nitrogens with one attached hydrogen (secondary N) is 2. The van der Waals surface area contributed by atoms with Crippen molar-refractivity contribution in [2.24, 2.45) is 5.92 Å². The van der Waals surface area contributed by atoms with E-state index in [9.17, 15) is 14.7 Å². The molecule has 1 aromatic heterocycles. The molecule has 2 rings (SSSR count). The molecular formula is C17H26N2O3. The molecule has 1 aliphatic rings. The Hall–Kier alpha value is -1.62. The number of amides is 1. The SMILES string of the molecule is CCc1c(C(=O)NCC(O)C2CCCC2)[nH]c(C)c1C(C)=O. The number of H-pyrrole nitrogens is 1. The summed E-state index contributed by atoms with van der Waals surface area (Å²) in [7, 11) is 0. The molecule has 0 aliphatic heterocycles. The first-order valence-electron chi connectivity index (χ1n) is 8.14. The van der Waals surface area contributed by atoms with Gasteiger partial charge in [-0.1, -0.05) is 19.8 Å². The number of hydrogen-bond donors (Lipinski definition) is 3. The van der Waals surface area contributed by atoms with Crippen LogP contribution in [0, 0.1) is 12.8 Å². The molecule has 1 fully saturated rings. The number of rotatable bonds is 6. The number of carbonyl (C=O) groups excluding carboxylic acids is 2. The maximum atomic E-state index is 12.4. The minimum absolute atomic E-state index is 0.0318. The summed E-state index contributed by atoms with van der Waals surface area (Å²) in [5.41, 5.74) is 2.55. The number of aliphatic hydroxyl groups is 1. The minimum atomic E-state index is -0.486. The van der Waals surface area contributed by atoms with Gasteiger partial charge in [-0.2, -0.15) is 0 Å². The maximum absolute atomic E-state index is 12.4. The van der Waals surface area contributed by atoms with Crippen molar-refractivity contribution in [1.29, 1.82) is 0 Å². The molecule has 1 unspecified atom stereocenters. The highest BCUT2D eigenvalue weighted by Gasteiger charge is 2.25. The van der Waals surface area contributed by atoms with Gasteiger partial charge in [-0.3, -0.25) is 9.59 Å². The number of carbonyl (C=O) groups is 2. The van der Waals surface area contributed by atoms with Gasteiger partial charge in [0.2, 0.25) is 0 Å². The summed E-state index contributed by atoms with van der Waals surface area (Å²) in [6.07, 6.45) is 4.52. The van der Waals surface area contributed by atoms with E-state index < -0.39 is 6.10 Å². The molecule has 1 amide bonds. The van der Waals surface area contributed by atoms with E-state index in [1.165, 1.54) is 6.92 Å². The predicted octanol–water partition coefficient (Wildman–Crippen LogP) is 2.37. The second kappa shape index (κ2) is 7.09. The summed E-state index contributed by atoms with van der Waals surface area (Å²) >= 11 is 0. The summed E-state index contributed by atoms with van der Waals surface area (Å²) in [4.78, 5) is 27.1. The number of Topliss-reactive ketones (excluding diaryl/α,β-unsaturated/α-hetero) is 1. The first-order valence-corrected chi connectivity index (χ1v) is 8.14. The number of aromatic nitrogens is 1. The van der Waals surface area contributed by atoms with Gasteiger partial charge in [-0.05, 0) is 44.6 Å². The topological polar surface area (TPSA) is 82.2 Å². The van der Waals surface area contributed by atoms with Gasteiger partial charge in [0.25, 0.3) is 5.91 Å². The molecule has 0 spiro atoms. The Morgan fingerprint density at radius 2 is 2.00 bits per heavy atom. The lowest BCUT2D eigenvalue weighted by Crippen LogP contribution is -2.36. The normalized spacial score (nSPS) is 16.7. The second-order valence-electron chi connectivity index (χ2n) is 6.21. The van der Waals surface area contributed by atoms with Crippen LogP contribution in [0.4, 0.5) is 0 Å². The Balaban J connectivity index is 2.06. The van der Waals surface area contributed by atoms with Gasteiger partial charge in [-0.25, -0.2) is 0 Å². The third-order valence-electron chi connectivity index (χ3n) is 4.64. The van der Waals surface area contributed by atoms with E-state index in [2.05, 4.69) is 10.3 Å². The van der Waals surface area contributed by atoms with E-state index in [4.69, 9.17) is 0 Å². The Kier molecular flexibility index (Phi) is 5.40. The third kappa shape index (κ3) is 3.40. The number of aliphatic hydroxyl groups excluding tert-OH is 1. The summed E-state index contributed by atoms with van der Waals surface area (Å²) in [6.45, 7) is 5.51. The fourth-order valence-electron chi connectivity index (χ4n) is 3.50. The molecule has 22 heavy (non-hydrogen) atoms. The highest BCUT2D eigenvalue weighted by atomic mass is 16.3. The van der Waals surface area contributed by atoms with Crippen LogP contribution in [0.3, 0.4) is 0 Å². The van der Waals surface area contributed by atoms with Crippen molar-refractivity contribution < 1.29 is 14.7 Å². The van der Waals surface area contributed by atoms with Gasteiger partial charge >= 0.3 is 0 Å². The predicted molar refractivity (Wildman–Crippen MR) is 85.2 cm³/mol. The largest absolute Gasteiger partial charge is 0.391 e. The molecule has 5 heteroatoms. The monoisotopic (exact) mass is 306 g/mol. The Labute approximate surface area is 131 Å². The zero-order valence-corrected chi connectivity index (χ0v) is 13.7. The van der Waals surface area contributed by atoms with Gasteiger partial charge in [-0.15, -0.1) is 0 Å². The van der Waals surface area contributed by atoms with Crippen LogP contribution in [-0.2, 0) is 6.42 Å². The molecule has 0 saturated heterocycles. The van der Waals surface area contributed by atoms with Crippen LogP contribution in [0.2, 0.25) is 0 Å². The van der Waals surface area contributed by atoms with E-state index in [0.29, 0.717) is 23.6 Å². The van der Waals surface area contributed by atoms with Crippen molar-refractivity contribution >= 4 is 11.7 Å². The molecule has 0 aromatic carbocycles.